The van der Waals surface area contributed by atoms with E-state index in [1.54, 1.807) is 21.3 Å². The molecule has 0 amide bonds. The maximum atomic E-state index is 10.9. The molecule has 0 aliphatic rings. The SMILES string of the molecule is Cc1cn2ccc3cc(-c4ccccc4-c4cc([B]OC(C)(C)C(C)(C)O)cc(-c5ccccc5-c5ccc6c(ccn7cc(C)nc67)c5)c4)ccc3c2n1. The number of imidazole rings is 2. The summed E-state index contributed by atoms with van der Waals surface area (Å²) in [5.74, 6) is 0. The van der Waals surface area contributed by atoms with Crippen LogP contribution in [0, 0.1) is 13.8 Å². The van der Waals surface area contributed by atoms with Crippen molar-refractivity contribution in [2.45, 2.75) is 52.7 Å². The summed E-state index contributed by atoms with van der Waals surface area (Å²) in [6.45, 7) is 11.4. The third kappa shape index (κ3) is 6.29. The van der Waals surface area contributed by atoms with Crippen LogP contribution in [0.5, 0.6) is 0 Å². The van der Waals surface area contributed by atoms with Crippen LogP contribution < -0.4 is 5.46 Å². The molecule has 1 N–H and O–H groups in total. The van der Waals surface area contributed by atoms with E-state index in [0.717, 1.165) is 94.2 Å². The van der Waals surface area contributed by atoms with Crippen LogP contribution in [0.4, 0.5) is 0 Å². The van der Waals surface area contributed by atoms with Gasteiger partial charge in [-0.1, -0.05) is 90.4 Å². The normalized spacial score (nSPS) is 12.3. The lowest BCUT2D eigenvalue weighted by Gasteiger charge is -2.37. The number of hydrogen-bond donors (Lipinski definition) is 1. The van der Waals surface area contributed by atoms with Gasteiger partial charge in [0.2, 0.25) is 0 Å². The lowest BCUT2D eigenvalue weighted by molar-refractivity contribution is -0.0893. The molecular formula is C48H42BN4O2. The Morgan fingerprint density at radius 2 is 0.982 bits per heavy atom. The molecule has 9 rings (SSSR count). The molecule has 5 aromatic carbocycles. The minimum absolute atomic E-state index is 0.827. The molecule has 9 aromatic rings. The largest absolute Gasteiger partial charge is 0.427 e. The van der Waals surface area contributed by atoms with E-state index in [0.29, 0.717) is 0 Å². The highest BCUT2D eigenvalue weighted by Gasteiger charge is 2.35. The van der Waals surface area contributed by atoms with Crippen LogP contribution in [0.2, 0.25) is 0 Å². The summed E-state index contributed by atoms with van der Waals surface area (Å²) in [4.78, 5) is 9.58. The third-order valence-corrected chi connectivity index (χ3v) is 11.1. The highest BCUT2D eigenvalue weighted by atomic mass is 16.5. The first kappa shape index (κ1) is 34.7. The zero-order valence-electron chi connectivity index (χ0n) is 32.0. The van der Waals surface area contributed by atoms with E-state index < -0.39 is 11.2 Å². The maximum Gasteiger partial charge on any atom is 0.330 e. The van der Waals surface area contributed by atoms with Crippen LogP contribution in [0.25, 0.3) is 77.3 Å². The molecule has 0 atom stereocenters. The topological polar surface area (TPSA) is 64.1 Å². The van der Waals surface area contributed by atoms with Gasteiger partial charge < -0.3 is 18.6 Å². The van der Waals surface area contributed by atoms with Crippen LogP contribution in [-0.4, -0.2) is 42.6 Å². The molecule has 6 nitrogen and oxygen atoms in total. The van der Waals surface area contributed by atoms with Gasteiger partial charge in [-0.15, -0.1) is 0 Å². The van der Waals surface area contributed by atoms with Crippen molar-refractivity contribution in [3.05, 3.63) is 151 Å². The van der Waals surface area contributed by atoms with Gasteiger partial charge in [0.1, 0.15) is 11.3 Å². The van der Waals surface area contributed by atoms with Gasteiger partial charge in [-0.2, -0.15) is 0 Å². The highest BCUT2D eigenvalue weighted by Crippen LogP contribution is 2.39. The number of pyridine rings is 2. The zero-order valence-corrected chi connectivity index (χ0v) is 32.0. The predicted molar refractivity (Wildman–Crippen MR) is 227 cm³/mol. The van der Waals surface area contributed by atoms with Crippen molar-refractivity contribution in [3.63, 3.8) is 0 Å². The fraction of sp³-hybridized carbons (Fsp3) is 0.167. The molecule has 4 heterocycles. The summed E-state index contributed by atoms with van der Waals surface area (Å²) in [5, 5.41) is 15.5. The molecule has 0 saturated carbocycles. The monoisotopic (exact) mass is 717 g/mol. The Kier molecular flexibility index (Phi) is 8.26. The summed E-state index contributed by atoms with van der Waals surface area (Å²) in [6, 6.07) is 41.4. The van der Waals surface area contributed by atoms with Crippen molar-refractivity contribution in [2.24, 2.45) is 0 Å². The van der Waals surface area contributed by atoms with Crippen molar-refractivity contribution in [1.29, 1.82) is 0 Å². The van der Waals surface area contributed by atoms with E-state index in [9.17, 15) is 5.11 Å². The van der Waals surface area contributed by atoms with Crippen LogP contribution >= 0.6 is 0 Å². The lowest BCUT2D eigenvalue weighted by Crippen LogP contribution is -2.49. The molecule has 0 aliphatic carbocycles. The maximum absolute atomic E-state index is 10.9. The van der Waals surface area contributed by atoms with Gasteiger partial charge in [-0.3, -0.25) is 0 Å². The number of fused-ring (bicyclic) bond motifs is 6. The second kappa shape index (κ2) is 13.1. The first-order valence-electron chi connectivity index (χ1n) is 18.8. The molecule has 0 unspecified atom stereocenters. The molecule has 4 aromatic heterocycles. The van der Waals surface area contributed by atoms with Crippen LogP contribution in [0.1, 0.15) is 39.1 Å². The molecular weight excluding hydrogens is 675 g/mol. The molecule has 0 bridgehead atoms. The third-order valence-electron chi connectivity index (χ3n) is 11.1. The summed E-state index contributed by atoms with van der Waals surface area (Å²) < 4.78 is 10.5. The number of hydrogen-bond acceptors (Lipinski definition) is 4. The molecule has 0 aliphatic heterocycles. The minimum Gasteiger partial charge on any atom is -0.427 e. The van der Waals surface area contributed by atoms with Crippen molar-refractivity contribution < 1.29 is 9.76 Å². The molecule has 0 fully saturated rings. The van der Waals surface area contributed by atoms with Gasteiger partial charge in [-0.05, 0) is 127 Å². The predicted octanol–water partition coefficient (Wildman–Crippen LogP) is 10.4. The first-order chi connectivity index (χ1) is 26.4. The molecule has 0 spiro atoms. The standard InChI is InChI=1S/C48H42BN4O2/c1-30-28-52-21-19-34-23-32(15-17-43(34)45(52)50-30)39-11-7-9-13-41(39)36-25-37(27-38(26-36)49-55-48(5,6)47(3,4)54)42-14-10-8-12-40(42)33-16-18-44-35(24-33)20-22-53-29-31(2)51-46(44)53/h7-29,54H,1-6H3. The quantitative estimate of drug-likeness (QED) is 0.159. The Balaban J connectivity index is 1.18. The van der Waals surface area contributed by atoms with Gasteiger partial charge in [0.15, 0.2) is 0 Å². The molecule has 0 saturated heterocycles. The number of aromatic nitrogens is 4. The number of rotatable bonds is 8. The Morgan fingerprint density at radius 3 is 1.42 bits per heavy atom. The van der Waals surface area contributed by atoms with Crippen molar-refractivity contribution >= 4 is 45.8 Å². The highest BCUT2D eigenvalue weighted by molar-refractivity contribution is 6.47. The van der Waals surface area contributed by atoms with E-state index in [-0.39, 0.29) is 0 Å². The fourth-order valence-corrected chi connectivity index (χ4v) is 7.49. The molecule has 7 heteroatoms. The van der Waals surface area contributed by atoms with E-state index in [1.165, 1.54) is 0 Å². The molecule has 55 heavy (non-hydrogen) atoms. The number of benzene rings is 5. The summed E-state index contributed by atoms with van der Waals surface area (Å²) in [7, 11) is 1.79. The Labute approximate surface area is 322 Å². The van der Waals surface area contributed by atoms with E-state index in [2.05, 4.69) is 149 Å². The average molecular weight is 718 g/mol. The lowest BCUT2D eigenvalue weighted by atomic mass is 9.79. The van der Waals surface area contributed by atoms with Crippen LogP contribution in [0.15, 0.2) is 140 Å². The zero-order chi connectivity index (χ0) is 38.1. The summed E-state index contributed by atoms with van der Waals surface area (Å²) in [5.41, 5.74) is 11.8. The van der Waals surface area contributed by atoms with Crippen molar-refractivity contribution in [3.8, 4) is 44.5 Å². The van der Waals surface area contributed by atoms with Gasteiger partial charge in [-0.25, -0.2) is 9.97 Å². The smallest absolute Gasteiger partial charge is 0.330 e. The Morgan fingerprint density at radius 1 is 0.545 bits per heavy atom. The second-order valence-electron chi connectivity index (χ2n) is 15.7. The fourth-order valence-electron chi connectivity index (χ4n) is 7.49. The molecule has 269 valence electrons. The van der Waals surface area contributed by atoms with Gasteiger partial charge in [0.05, 0.1) is 22.6 Å². The number of aliphatic hydroxyl groups is 1. The van der Waals surface area contributed by atoms with E-state index in [4.69, 9.17) is 14.6 Å². The summed E-state index contributed by atoms with van der Waals surface area (Å²) >= 11 is 0. The Hall–Kier alpha value is -6.02. The number of nitrogens with zero attached hydrogens (tertiary/aromatic N) is 4. The van der Waals surface area contributed by atoms with E-state index in [1.807, 2.05) is 27.7 Å². The minimum atomic E-state index is -1.06. The van der Waals surface area contributed by atoms with Crippen LogP contribution in [0.3, 0.4) is 0 Å². The van der Waals surface area contributed by atoms with Gasteiger partial charge in [0, 0.05) is 35.6 Å². The van der Waals surface area contributed by atoms with Gasteiger partial charge in [0.25, 0.3) is 0 Å². The summed E-state index contributed by atoms with van der Waals surface area (Å²) in [6.07, 6.45) is 8.28. The van der Waals surface area contributed by atoms with Crippen molar-refractivity contribution in [1.82, 2.24) is 18.8 Å². The average Bonchev–Trinajstić information content (AvgIpc) is 3.77. The first-order valence-corrected chi connectivity index (χ1v) is 18.8. The second-order valence-corrected chi connectivity index (χ2v) is 15.7. The number of aryl methyl sites for hydroxylation is 2. The molecule has 1 radical (unpaired) electrons. The van der Waals surface area contributed by atoms with Crippen LogP contribution in [-0.2, 0) is 4.65 Å². The van der Waals surface area contributed by atoms with Gasteiger partial charge >= 0.3 is 7.48 Å². The van der Waals surface area contributed by atoms with E-state index >= 15 is 0 Å². The Bertz CT molecular complexity index is 2750. The van der Waals surface area contributed by atoms with Crippen molar-refractivity contribution in [2.75, 3.05) is 0 Å².